The van der Waals surface area contributed by atoms with Crippen LogP contribution in [0.25, 0.3) is 0 Å². The van der Waals surface area contributed by atoms with Crippen molar-refractivity contribution in [3.8, 4) is 0 Å². The van der Waals surface area contributed by atoms with E-state index in [1.807, 2.05) is 18.2 Å². The Morgan fingerprint density at radius 1 is 1.15 bits per heavy atom. The molecule has 0 N–H and O–H groups in total. The molecule has 134 valence electrons. The molecule has 0 fully saturated rings. The summed E-state index contributed by atoms with van der Waals surface area (Å²) in [7, 11) is 0. The molecule has 0 aromatic heterocycles. The molecular weight excluding hydrogens is 322 g/mol. The zero-order valence-electron chi connectivity index (χ0n) is 15.7. The van der Waals surface area contributed by atoms with Gasteiger partial charge in [-0.05, 0) is 35.6 Å². The maximum absolute atomic E-state index is 13.4. The van der Waals surface area contributed by atoms with E-state index in [2.05, 4.69) is 44.7 Å². The van der Waals surface area contributed by atoms with Gasteiger partial charge in [-0.1, -0.05) is 56.3 Å². The van der Waals surface area contributed by atoms with Crippen LogP contribution < -0.4 is 4.90 Å². The van der Waals surface area contributed by atoms with Crippen LogP contribution in [0.2, 0.25) is 0 Å². The number of rotatable bonds is 5. The number of amides is 1. The minimum absolute atomic E-state index is 0.00358. The zero-order chi connectivity index (χ0) is 18.9. The van der Waals surface area contributed by atoms with E-state index < -0.39 is 5.54 Å². The van der Waals surface area contributed by atoms with Crippen molar-refractivity contribution in [2.45, 2.75) is 45.1 Å². The molecule has 3 rings (SSSR count). The molecule has 0 saturated carbocycles. The van der Waals surface area contributed by atoms with Gasteiger partial charge in [0.1, 0.15) is 5.54 Å². The highest BCUT2D eigenvalue weighted by Gasteiger charge is 2.51. The molecule has 0 unspecified atom stereocenters. The van der Waals surface area contributed by atoms with Crippen molar-refractivity contribution in [3.05, 3.63) is 77.9 Å². The van der Waals surface area contributed by atoms with Gasteiger partial charge in [0.15, 0.2) is 5.78 Å². The first-order valence-electron chi connectivity index (χ1n) is 9.05. The number of para-hydroxylation sites is 1. The number of anilines is 1. The SMILES string of the molecule is C=CC[C@@]1(Cc2ccc(C(C)C)cc2)C(=O)c2ccccc2N1C(C)=O. The Balaban J connectivity index is 2.08. The standard InChI is InChI=1S/C23H25NO2/c1-5-14-23(15-18-10-12-19(13-11-18)16(2)3)22(26)20-8-6-7-9-21(20)24(23)17(4)25/h5-13,16H,1,14-15H2,2-4H3/t23-/m1/s1. The molecule has 1 aliphatic heterocycles. The van der Waals surface area contributed by atoms with Gasteiger partial charge in [-0.2, -0.15) is 0 Å². The Labute approximate surface area is 155 Å². The Bertz CT molecular complexity index is 851. The van der Waals surface area contributed by atoms with E-state index in [1.54, 1.807) is 17.0 Å². The number of benzene rings is 2. The zero-order valence-corrected chi connectivity index (χ0v) is 15.7. The lowest BCUT2D eigenvalue weighted by Crippen LogP contribution is -2.54. The Kier molecular flexibility index (Phi) is 4.82. The van der Waals surface area contributed by atoms with E-state index in [4.69, 9.17) is 0 Å². The highest BCUT2D eigenvalue weighted by Crippen LogP contribution is 2.43. The van der Waals surface area contributed by atoms with Crippen LogP contribution in [0.3, 0.4) is 0 Å². The summed E-state index contributed by atoms with van der Waals surface area (Å²) in [4.78, 5) is 27.5. The first-order chi connectivity index (χ1) is 12.4. The minimum Gasteiger partial charge on any atom is -0.298 e. The minimum atomic E-state index is -0.934. The summed E-state index contributed by atoms with van der Waals surface area (Å²) in [5, 5.41) is 0. The van der Waals surface area contributed by atoms with Crippen molar-refractivity contribution in [2.75, 3.05) is 4.90 Å². The normalized spacial score (nSPS) is 18.9. The predicted molar refractivity (Wildman–Crippen MR) is 106 cm³/mol. The number of carbonyl (C=O) groups excluding carboxylic acids is 2. The van der Waals surface area contributed by atoms with Gasteiger partial charge < -0.3 is 0 Å². The van der Waals surface area contributed by atoms with Gasteiger partial charge in [0.2, 0.25) is 5.91 Å². The van der Waals surface area contributed by atoms with Gasteiger partial charge >= 0.3 is 0 Å². The van der Waals surface area contributed by atoms with E-state index >= 15 is 0 Å². The molecule has 1 aliphatic rings. The number of Topliss-reactive ketones (excluding diaryl/α,β-unsaturated/α-hetero) is 1. The molecule has 2 aromatic carbocycles. The first-order valence-corrected chi connectivity index (χ1v) is 9.05. The smallest absolute Gasteiger partial charge is 0.224 e. The Morgan fingerprint density at radius 2 is 1.81 bits per heavy atom. The fraction of sp³-hybridized carbons (Fsp3) is 0.304. The lowest BCUT2D eigenvalue weighted by Gasteiger charge is -2.36. The van der Waals surface area contributed by atoms with Crippen LogP contribution in [0.15, 0.2) is 61.2 Å². The molecule has 0 saturated heterocycles. The summed E-state index contributed by atoms with van der Waals surface area (Å²) in [5.74, 6) is 0.331. The molecule has 0 bridgehead atoms. The van der Waals surface area contributed by atoms with Gasteiger partial charge in [-0.3, -0.25) is 14.5 Å². The fourth-order valence-corrected chi connectivity index (χ4v) is 3.93. The van der Waals surface area contributed by atoms with Crippen LogP contribution in [0.1, 0.15) is 54.6 Å². The molecule has 0 aliphatic carbocycles. The van der Waals surface area contributed by atoms with Gasteiger partial charge in [-0.15, -0.1) is 6.58 Å². The van der Waals surface area contributed by atoms with Crippen LogP contribution in [0.5, 0.6) is 0 Å². The average molecular weight is 347 g/mol. The van der Waals surface area contributed by atoms with Crippen molar-refractivity contribution >= 4 is 17.4 Å². The van der Waals surface area contributed by atoms with Gasteiger partial charge in [0, 0.05) is 18.9 Å². The molecule has 0 radical (unpaired) electrons. The molecule has 1 atom stereocenters. The third-order valence-corrected chi connectivity index (χ3v) is 5.18. The second-order valence-electron chi connectivity index (χ2n) is 7.30. The maximum Gasteiger partial charge on any atom is 0.224 e. The second kappa shape index (κ2) is 6.91. The number of hydrogen-bond acceptors (Lipinski definition) is 2. The molecule has 26 heavy (non-hydrogen) atoms. The quantitative estimate of drug-likeness (QED) is 0.720. The average Bonchev–Trinajstić information content (AvgIpc) is 2.85. The van der Waals surface area contributed by atoms with E-state index in [1.165, 1.54) is 12.5 Å². The maximum atomic E-state index is 13.4. The number of fused-ring (bicyclic) bond motifs is 1. The molecule has 1 amide bonds. The van der Waals surface area contributed by atoms with Gasteiger partial charge in [-0.25, -0.2) is 0 Å². The molecule has 3 nitrogen and oxygen atoms in total. The summed E-state index contributed by atoms with van der Waals surface area (Å²) in [6, 6.07) is 15.7. The largest absolute Gasteiger partial charge is 0.298 e. The highest BCUT2D eigenvalue weighted by atomic mass is 16.2. The van der Waals surface area contributed by atoms with Crippen molar-refractivity contribution in [1.82, 2.24) is 0 Å². The highest BCUT2D eigenvalue weighted by molar-refractivity contribution is 6.20. The van der Waals surface area contributed by atoms with E-state index in [0.717, 1.165) is 5.56 Å². The topological polar surface area (TPSA) is 37.4 Å². The molecule has 0 spiro atoms. The molecule has 1 heterocycles. The number of hydrogen-bond donors (Lipinski definition) is 0. The summed E-state index contributed by atoms with van der Waals surface area (Å²) < 4.78 is 0. The van der Waals surface area contributed by atoms with Crippen molar-refractivity contribution in [2.24, 2.45) is 0 Å². The lowest BCUT2D eigenvalue weighted by molar-refractivity contribution is -0.117. The Hall–Kier alpha value is -2.68. The fourth-order valence-electron chi connectivity index (χ4n) is 3.93. The van der Waals surface area contributed by atoms with Crippen LogP contribution in [-0.2, 0) is 11.2 Å². The number of ketones is 1. The van der Waals surface area contributed by atoms with Crippen molar-refractivity contribution in [3.63, 3.8) is 0 Å². The van der Waals surface area contributed by atoms with Crippen LogP contribution >= 0.6 is 0 Å². The van der Waals surface area contributed by atoms with Crippen LogP contribution in [0, 0.1) is 0 Å². The van der Waals surface area contributed by atoms with Gasteiger partial charge in [0.05, 0.1) is 5.69 Å². The Morgan fingerprint density at radius 3 is 2.38 bits per heavy atom. The monoisotopic (exact) mass is 347 g/mol. The van der Waals surface area contributed by atoms with Crippen molar-refractivity contribution in [1.29, 1.82) is 0 Å². The number of carbonyl (C=O) groups is 2. The van der Waals surface area contributed by atoms with E-state index in [9.17, 15) is 9.59 Å². The molecule has 3 heteroatoms. The second-order valence-corrected chi connectivity index (χ2v) is 7.30. The first kappa shape index (κ1) is 18.1. The third-order valence-electron chi connectivity index (χ3n) is 5.18. The van der Waals surface area contributed by atoms with Crippen molar-refractivity contribution < 1.29 is 9.59 Å². The summed E-state index contributed by atoms with van der Waals surface area (Å²) in [5.41, 5.74) is 2.69. The molecule has 2 aromatic rings. The van der Waals surface area contributed by atoms with E-state index in [-0.39, 0.29) is 11.7 Å². The van der Waals surface area contributed by atoms with Gasteiger partial charge in [0.25, 0.3) is 0 Å². The summed E-state index contributed by atoms with van der Waals surface area (Å²) >= 11 is 0. The van der Waals surface area contributed by atoms with E-state index in [0.29, 0.717) is 30.0 Å². The summed E-state index contributed by atoms with van der Waals surface area (Å²) in [6.07, 6.45) is 2.64. The van der Waals surface area contributed by atoms with Crippen LogP contribution in [-0.4, -0.2) is 17.2 Å². The third kappa shape index (κ3) is 2.88. The van der Waals surface area contributed by atoms with Crippen LogP contribution in [0.4, 0.5) is 5.69 Å². The predicted octanol–water partition coefficient (Wildman–Crippen LogP) is 4.92. The molecular formula is C23H25NO2. The lowest BCUT2D eigenvalue weighted by atomic mass is 9.82. The summed E-state index contributed by atoms with van der Waals surface area (Å²) in [6.45, 7) is 9.68. The number of nitrogens with zero attached hydrogens (tertiary/aromatic N) is 1.